The zero-order valence-corrected chi connectivity index (χ0v) is 12.9. The fourth-order valence-corrected chi connectivity index (χ4v) is 4.10. The van der Waals surface area contributed by atoms with Crippen molar-refractivity contribution < 1.29 is 4.74 Å². The van der Waals surface area contributed by atoms with Gasteiger partial charge in [0.25, 0.3) is 0 Å². The van der Waals surface area contributed by atoms with Gasteiger partial charge in [0.15, 0.2) is 0 Å². The van der Waals surface area contributed by atoms with Crippen molar-refractivity contribution in [2.75, 3.05) is 66.1 Å². The van der Waals surface area contributed by atoms with E-state index in [9.17, 15) is 0 Å². The Hall–Kier alpha value is -0.200. The van der Waals surface area contributed by atoms with E-state index < -0.39 is 0 Å². The van der Waals surface area contributed by atoms with Gasteiger partial charge < -0.3 is 15.4 Å². The van der Waals surface area contributed by atoms with Crippen LogP contribution in [0.2, 0.25) is 0 Å². The fourth-order valence-electron chi connectivity index (χ4n) is 4.10. The molecule has 3 saturated heterocycles. The summed E-state index contributed by atoms with van der Waals surface area (Å²) in [7, 11) is 2.22. The normalized spacial score (nSPS) is 33.6. The predicted octanol–water partition coefficient (Wildman–Crippen LogP) is -0.184. The molecular weight excluding hydrogens is 252 g/mol. The maximum atomic E-state index is 6.19. The second kappa shape index (κ2) is 6.28. The molecule has 5 nitrogen and oxygen atoms in total. The minimum absolute atomic E-state index is 0.271. The van der Waals surface area contributed by atoms with Gasteiger partial charge in [-0.3, -0.25) is 9.80 Å². The van der Waals surface area contributed by atoms with E-state index in [1.165, 1.54) is 45.4 Å². The Morgan fingerprint density at radius 3 is 2.45 bits per heavy atom. The maximum absolute atomic E-state index is 6.19. The van der Waals surface area contributed by atoms with Crippen LogP contribution in [0.15, 0.2) is 0 Å². The summed E-state index contributed by atoms with van der Waals surface area (Å²) in [5.41, 5.74) is 6.46. The molecule has 0 aromatic rings. The summed E-state index contributed by atoms with van der Waals surface area (Å²) in [4.78, 5) is 7.77. The van der Waals surface area contributed by atoms with E-state index in [2.05, 4.69) is 21.7 Å². The van der Waals surface area contributed by atoms with Crippen molar-refractivity contribution in [2.24, 2.45) is 5.73 Å². The van der Waals surface area contributed by atoms with Gasteiger partial charge in [0.1, 0.15) is 0 Å². The van der Waals surface area contributed by atoms with Crippen LogP contribution in [-0.4, -0.2) is 92.4 Å². The average Bonchev–Trinajstić information content (AvgIpc) is 3.00. The van der Waals surface area contributed by atoms with Gasteiger partial charge >= 0.3 is 0 Å². The van der Waals surface area contributed by atoms with Crippen LogP contribution in [0, 0.1) is 0 Å². The first-order chi connectivity index (χ1) is 9.73. The largest absolute Gasteiger partial charge is 0.379 e. The second-order valence-electron chi connectivity index (χ2n) is 6.77. The smallest absolute Gasteiger partial charge is 0.0594 e. The Bertz CT molecular complexity index is 311. The molecule has 3 fully saturated rings. The molecule has 0 saturated carbocycles. The summed E-state index contributed by atoms with van der Waals surface area (Å²) in [5, 5.41) is 0. The summed E-state index contributed by atoms with van der Waals surface area (Å²) in [5.74, 6) is 0. The number of rotatable bonds is 3. The van der Waals surface area contributed by atoms with Gasteiger partial charge in [0.05, 0.1) is 13.2 Å². The summed E-state index contributed by atoms with van der Waals surface area (Å²) < 4.78 is 5.47. The van der Waals surface area contributed by atoms with E-state index in [4.69, 9.17) is 10.5 Å². The number of hydrogen-bond donors (Lipinski definition) is 1. The summed E-state index contributed by atoms with van der Waals surface area (Å²) in [6.07, 6.45) is 3.77. The highest BCUT2D eigenvalue weighted by atomic mass is 16.5. The van der Waals surface area contributed by atoms with Crippen molar-refractivity contribution in [1.82, 2.24) is 14.7 Å². The fraction of sp³-hybridized carbons (Fsp3) is 1.00. The van der Waals surface area contributed by atoms with E-state index >= 15 is 0 Å². The topological polar surface area (TPSA) is 45.0 Å². The highest BCUT2D eigenvalue weighted by Gasteiger charge is 2.42. The van der Waals surface area contributed by atoms with Gasteiger partial charge in [-0.15, -0.1) is 0 Å². The number of nitrogens with zero attached hydrogens (tertiary/aromatic N) is 3. The van der Waals surface area contributed by atoms with E-state index in [0.717, 1.165) is 38.9 Å². The molecule has 0 aromatic heterocycles. The summed E-state index contributed by atoms with van der Waals surface area (Å²) in [6, 6.07) is 0.724. The van der Waals surface area contributed by atoms with Gasteiger partial charge in [-0.2, -0.15) is 0 Å². The van der Waals surface area contributed by atoms with E-state index in [0.29, 0.717) is 0 Å². The number of hydrogen-bond acceptors (Lipinski definition) is 5. The van der Waals surface area contributed by atoms with E-state index in [1.54, 1.807) is 0 Å². The molecule has 1 atom stereocenters. The van der Waals surface area contributed by atoms with Gasteiger partial charge in [0.2, 0.25) is 0 Å². The number of nitrogens with two attached hydrogens (primary N) is 1. The highest BCUT2D eigenvalue weighted by molar-refractivity contribution is 5.00. The molecule has 3 rings (SSSR count). The first-order valence-electron chi connectivity index (χ1n) is 8.19. The highest BCUT2D eigenvalue weighted by Crippen LogP contribution is 2.32. The van der Waals surface area contributed by atoms with E-state index in [1.807, 2.05) is 0 Å². The quantitative estimate of drug-likeness (QED) is 0.778. The molecule has 5 heteroatoms. The predicted molar refractivity (Wildman–Crippen MR) is 80.9 cm³/mol. The van der Waals surface area contributed by atoms with E-state index in [-0.39, 0.29) is 5.54 Å². The number of morpholine rings is 1. The lowest BCUT2D eigenvalue weighted by atomic mass is 9.86. The molecule has 3 aliphatic heterocycles. The molecular formula is C15H30N4O. The Morgan fingerprint density at radius 1 is 1.10 bits per heavy atom. The third kappa shape index (κ3) is 2.88. The Kier molecular flexibility index (Phi) is 4.62. The third-order valence-corrected chi connectivity index (χ3v) is 5.69. The van der Waals surface area contributed by atoms with Crippen molar-refractivity contribution in [1.29, 1.82) is 0 Å². The molecule has 2 N–H and O–H groups in total. The van der Waals surface area contributed by atoms with Crippen molar-refractivity contribution in [3.63, 3.8) is 0 Å². The van der Waals surface area contributed by atoms with Gasteiger partial charge in [-0.25, -0.2) is 0 Å². The second-order valence-corrected chi connectivity index (χ2v) is 6.77. The summed E-state index contributed by atoms with van der Waals surface area (Å²) >= 11 is 0. The average molecular weight is 282 g/mol. The minimum Gasteiger partial charge on any atom is -0.379 e. The lowest BCUT2D eigenvalue weighted by molar-refractivity contribution is 0.00909. The zero-order chi connectivity index (χ0) is 14.0. The van der Waals surface area contributed by atoms with Gasteiger partial charge in [-0.05, 0) is 39.4 Å². The lowest BCUT2D eigenvalue weighted by Gasteiger charge is -2.46. The first-order valence-corrected chi connectivity index (χ1v) is 8.19. The lowest BCUT2D eigenvalue weighted by Crippen LogP contribution is -2.59. The summed E-state index contributed by atoms with van der Waals surface area (Å²) in [6.45, 7) is 9.66. The molecule has 0 amide bonds. The Morgan fingerprint density at radius 2 is 1.80 bits per heavy atom. The molecule has 0 aliphatic carbocycles. The molecule has 0 spiro atoms. The van der Waals surface area contributed by atoms with Crippen molar-refractivity contribution in [3.05, 3.63) is 0 Å². The van der Waals surface area contributed by atoms with Crippen LogP contribution >= 0.6 is 0 Å². The van der Waals surface area contributed by atoms with Gasteiger partial charge in [0, 0.05) is 44.3 Å². The number of likely N-dealkylation sites (tertiary alicyclic amines) is 2. The van der Waals surface area contributed by atoms with Gasteiger partial charge in [-0.1, -0.05) is 0 Å². The van der Waals surface area contributed by atoms with Crippen molar-refractivity contribution in [3.8, 4) is 0 Å². The minimum atomic E-state index is 0.271. The Balaban J connectivity index is 1.60. The number of ether oxygens (including phenoxy) is 1. The molecule has 1 unspecified atom stereocenters. The van der Waals surface area contributed by atoms with Crippen LogP contribution in [0.25, 0.3) is 0 Å². The molecule has 0 radical (unpaired) electrons. The maximum Gasteiger partial charge on any atom is 0.0594 e. The van der Waals surface area contributed by atoms with Crippen LogP contribution in [0.3, 0.4) is 0 Å². The van der Waals surface area contributed by atoms with Crippen molar-refractivity contribution in [2.45, 2.75) is 30.8 Å². The zero-order valence-electron chi connectivity index (χ0n) is 12.9. The first kappa shape index (κ1) is 14.7. The molecule has 0 aromatic carbocycles. The monoisotopic (exact) mass is 282 g/mol. The SMILES string of the molecule is CN1CCC(CN)(N2CCC(N3CCOCC3)C2)CC1. The van der Waals surface area contributed by atoms with Crippen LogP contribution in [0.1, 0.15) is 19.3 Å². The van der Waals surface area contributed by atoms with Crippen LogP contribution < -0.4 is 5.73 Å². The van der Waals surface area contributed by atoms with Crippen molar-refractivity contribution >= 4 is 0 Å². The molecule has 0 bridgehead atoms. The van der Waals surface area contributed by atoms with Crippen LogP contribution in [0.5, 0.6) is 0 Å². The standard InChI is InChI=1S/C15H30N4O/c1-17-6-3-15(13-16,4-7-17)19-5-2-14(12-19)18-8-10-20-11-9-18/h14H,2-13,16H2,1H3. The van der Waals surface area contributed by atoms with Crippen LogP contribution in [-0.2, 0) is 4.74 Å². The molecule has 116 valence electrons. The van der Waals surface area contributed by atoms with Crippen LogP contribution in [0.4, 0.5) is 0 Å². The Labute approximate surface area is 123 Å². The number of piperidine rings is 1. The molecule has 3 aliphatic rings. The molecule has 20 heavy (non-hydrogen) atoms. The third-order valence-electron chi connectivity index (χ3n) is 5.69. The molecule has 3 heterocycles.